The Bertz CT molecular complexity index is 497. The van der Waals surface area contributed by atoms with Gasteiger partial charge in [0.05, 0.1) is 12.2 Å². The molecule has 0 bridgehead atoms. The Kier molecular flexibility index (Phi) is 4.72. The molecule has 0 fully saturated rings. The van der Waals surface area contributed by atoms with E-state index < -0.39 is 0 Å². The van der Waals surface area contributed by atoms with Gasteiger partial charge in [-0.2, -0.15) is 4.68 Å². The maximum atomic E-state index is 4.05. The zero-order valence-electron chi connectivity index (χ0n) is 10.6. The summed E-state index contributed by atoms with van der Waals surface area (Å²) in [6, 6.07) is 8.20. The van der Waals surface area contributed by atoms with Crippen LogP contribution in [0.3, 0.4) is 0 Å². The van der Waals surface area contributed by atoms with E-state index in [0.29, 0.717) is 6.54 Å². The van der Waals surface area contributed by atoms with E-state index >= 15 is 0 Å². The largest absolute Gasteiger partial charge is 0.310 e. The number of thioether (sulfide) groups is 1. The van der Waals surface area contributed by atoms with Crippen LogP contribution in [0.2, 0.25) is 0 Å². The molecule has 1 N–H and O–H groups in total. The van der Waals surface area contributed by atoms with E-state index in [2.05, 4.69) is 46.2 Å². The number of benzene rings is 1. The van der Waals surface area contributed by atoms with Gasteiger partial charge in [0.2, 0.25) is 0 Å². The molecule has 6 heteroatoms. The van der Waals surface area contributed by atoms with E-state index in [1.807, 2.05) is 12.1 Å². The first-order valence-corrected chi connectivity index (χ1v) is 7.20. The van der Waals surface area contributed by atoms with Crippen LogP contribution < -0.4 is 5.32 Å². The van der Waals surface area contributed by atoms with E-state index in [-0.39, 0.29) is 0 Å². The van der Waals surface area contributed by atoms with Crippen molar-refractivity contribution >= 4 is 11.8 Å². The minimum Gasteiger partial charge on any atom is -0.310 e. The van der Waals surface area contributed by atoms with Crippen molar-refractivity contribution in [2.45, 2.75) is 24.8 Å². The predicted molar refractivity (Wildman–Crippen MR) is 72.9 cm³/mol. The van der Waals surface area contributed by atoms with Crippen LogP contribution in [0.4, 0.5) is 0 Å². The second-order valence-electron chi connectivity index (χ2n) is 3.89. The minimum absolute atomic E-state index is 0.685. The van der Waals surface area contributed by atoms with Crippen LogP contribution >= 0.6 is 11.8 Å². The first-order chi connectivity index (χ1) is 8.85. The summed E-state index contributed by atoms with van der Waals surface area (Å²) in [7, 11) is 0. The molecule has 2 rings (SSSR count). The van der Waals surface area contributed by atoms with Crippen molar-refractivity contribution in [3.8, 4) is 5.69 Å². The van der Waals surface area contributed by atoms with E-state index in [1.165, 1.54) is 4.90 Å². The number of aromatic nitrogens is 4. The number of hydrogen-bond donors (Lipinski definition) is 1. The second kappa shape index (κ2) is 6.51. The first kappa shape index (κ1) is 13.0. The molecule has 0 radical (unpaired) electrons. The number of nitrogens with zero attached hydrogens (tertiary/aromatic N) is 4. The van der Waals surface area contributed by atoms with Gasteiger partial charge in [-0.15, -0.1) is 16.9 Å². The predicted octanol–water partition coefficient (Wildman–Crippen LogP) is 1.88. The Balaban J connectivity index is 2.19. The van der Waals surface area contributed by atoms with Crippen LogP contribution in [0.5, 0.6) is 0 Å². The first-order valence-electron chi connectivity index (χ1n) is 5.97. The van der Waals surface area contributed by atoms with Gasteiger partial charge in [0, 0.05) is 4.90 Å². The van der Waals surface area contributed by atoms with E-state index in [1.54, 1.807) is 16.4 Å². The van der Waals surface area contributed by atoms with E-state index in [4.69, 9.17) is 0 Å². The Labute approximate surface area is 111 Å². The lowest BCUT2D eigenvalue weighted by Gasteiger charge is -2.06. The monoisotopic (exact) mass is 263 g/mol. The average Bonchev–Trinajstić information content (AvgIpc) is 2.87. The molecule has 5 nitrogen and oxygen atoms in total. The van der Waals surface area contributed by atoms with Crippen molar-refractivity contribution < 1.29 is 0 Å². The fourth-order valence-electron chi connectivity index (χ4n) is 1.64. The highest BCUT2D eigenvalue weighted by Crippen LogP contribution is 2.18. The minimum atomic E-state index is 0.685. The van der Waals surface area contributed by atoms with Crippen LogP contribution in [-0.4, -0.2) is 33.0 Å². The summed E-state index contributed by atoms with van der Waals surface area (Å²) in [6.07, 6.45) is 3.16. The average molecular weight is 263 g/mol. The van der Waals surface area contributed by atoms with Gasteiger partial charge in [0.15, 0.2) is 5.82 Å². The standard InChI is InChI=1S/C12H17N5S/c1-3-7-13-9-12-14-15-16-17(12)10-5-4-6-11(8-10)18-2/h4-6,8,13H,3,7,9H2,1-2H3. The van der Waals surface area contributed by atoms with Crippen molar-refractivity contribution in [1.29, 1.82) is 0 Å². The van der Waals surface area contributed by atoms with Gasteiger partial charge in [-0.1, -0.05) is 13.0 Å². The van der Waals surface area contributed by atoms with Gasteiger partial charge in [0.25, 0.3) is 0 Å². The summed E-state index contributed by atoms with van der Waals surface area (Å²) in [5.74, 6) is 0.835. The summed E-state index contributed by atoms with van der Waals surface area (Å²) < 4.78 is 1.78. The molecule has 0 saturated heterocycles. The van der Waals surface area contributed by atoms with Crippen LogP contribution in [0.1, 0.15) is 19.2 Å². The number of tetrazole rings is 1. The van der Waals surface area contributed by atoms with Crippen LogP contribution in [0.25, 0.3) is 5.69 Å². The molecule has 1 heterocycles. The van der Waals surface area contributed by atoms with Gasteiger partial charge in [0.1, 0.15) is 0 Å². The van der Waals surface area contributed by atoms with Crippen molar-refractivity contribution in [3.05, 3.63) is 30.1 Å². The van der Waals surface area contributed by atoms with Crippen molar-refractivity contribution in [3.63, 3.8) is 0 Å². The number of nitrogens with one attached hydrogen (secondary N) is 1. The highest BCUT2D eigenvalue weighted by Gasteiger charge is 2.07. The number of rotatable bonds is 6. The second-order valence-corrected chi connectivity index (χ2v) is 4.76. The molecule has 0 aliphatic heterocycles. The molecule has 0 amide bonds. The highest BCUT2D eigenvalue weighted by molar-refractivity contribution is 7.98. The maximum Gasteiger partial charge on any atom is 0.170 e. The lowest BCUT2D eigenvalue weighted by atomic mass is 10.3. The normalized spacial score (nSPS) is 10.8. The van der Waals surface area contributed by atoms with Crippen molar-refractivity contribution in [2.75, 3.05) is 12.8 Å². The van der Waals surface area contributed by atoms with Gasteiger partial charge in [-0.25, -0.2) is 0 Å². The topological polar surface area (TPSA) is 55.6 Å². The summed E-state index contributed by atoms with van der Waals surface area (Å²) in [4.78, 5) is 1.20. The third-order valence-corrected chi connectivity index (χ3v) is 3.27. The van der Waals surface area contributed by atoms with Gasteiger partial charge in [-0.05, 0) is 47.8 Å². The summed E-state index contributed by atoms with van der Waals surface area (Å²) in [5.41, 5.74) is 1.00. The zero-order valence-corrected chi connectivity index (χ0v) is 11.4. The number of hydrogen-bond acceptors (Lipinski definition) is 5. The SMILES string of the molecule is CCCNCc1nnnn1-c1cccc(SC)c1. The van der Waals surface area contributed by atoms with Gasteiger partial charge in [-0.3, -0.25) is 0 Å². The third kappa shape index (κ3) is 3.08. The maximum absolute atomic E-state index is 4.05. The van der Waals surface area contributed by atoms with Crippen LogP contribution in [0.15, 0.2) is 29.2 Å². The van der Waals surface area contributed by atoms with Gasteiger partial charge >= 0.3 is 0 Å². The molecule has 18 heavy (non-hydrogen) atoms. The molecule has 0 aliphatic carbocycles. The Morgan fingerprint density at radius 1 is 1.39 bits per heavy atom. The molecule has 1 aromatic carbocycles. The molecular weight excluding hydrogens is 246 g/mol. The molecule has 0 saturated carbocycles. The van der Waals surface area contributed by atoms with Crippen molar-refractivity contribution in [2.24, 2.45) is 0 Å². The van der Waals surface area contributed by atoms with Crippen LogP contribution in [0, 0.1) is 0 Å². The summed E-state index contributed by atoms with van der Waals surface area (Å²) in [5, 5.41) is 15.2. The lowest BCUT2D eigenvalue weighted by molar-refractivity contribution is 0.632. The fourth-order valence-corrected chi connectivity index (χ4v) is 2.09. The quantitative estimate of drug-likeness (QED) is 0.637. The smallest absolute Gasteiger partial charge is 0.170 e. The molecule has 0 atom stereocenters. The molecule has 96 valence electrons. The fraction of sp³-hybridized carbons (Fsp3) is 0.417. The van der Waals surface area contributed by atoms with E-state index in [9.17, 15) is 0 Å². The van der Waals surface area contributed by atoms with E-state index in [0.717, 1.165) is 24.5 Å². The molecule has 0 aliphatic rings. The molecule has 1 aromatic heterocycles. The van der Waals surface area contributed by atoms with Crippen LogP contribution in [-0.2, 0) is 6.54 Å². The van der Waals surface area contributed by atoms with Crippen molar-refractivity contribution in [1.82, 2.24) is 25.5 Å². The summed E-state index contributed by atoms with van der Waals surface area (Å²) in [6.45, 7) is 3.79. The Morgan fingerprint density at radius 2 is 2.28 bits per heavy atom. The lowest BCUT2D eigenvalue weighted by Crippen LogP contribution is -2.17. The molecular formula is C12H17N5S. The third-order valence-electron chi connectivity index (χ3n) is 2.54. The molecule has 2 aromatic rings. The molecule has 0 unspecified atom stereocenters. The van der Waals surface area contributed by atoms with Gasteiger partial charge < -0.3 is 5.32 Å². The Hall–Kier alpha value is -1.40. The summed E-state index contributed by atoms with van der Waals surface area (Å²) >= 11 is 1.71. The zero-order chi connectivity index (χ0) is 12.8. The molecule has 0 spiro atoms. The highest BCUT2D eigenvalue weighted by atomic mass is 32.2. The Morgan fingerprint density at radius 3 is 3.06 bits per heavy atom.